The molecule has 7 heteroatoms. The highest BCUT2D eigenvalue weighted by atomic mass is 35.5. The molecule has 2 rings (SSSR count). The topological polar surface area (TPSA) is 84.2 Å². The fraction of sp³-hybridized carbons (Fsp3) is 0.389. The normalized spacial score (nSPS) is 12.2. The molecule has 134 valence electrons. The number of benzene rings is 1. The molecule has 2 aromatic rings. The van der Waals surface area contributed by atoms with E-state index in [4.69, 9.17) is 11.6 Å². The van der Waals surface area contributed by atoms with E-state index < -0.39 is 11.9 Å². The first kappa shape index (κ1) is 19.0. The highest BCUT2D eigenvalue weighted by Gasteiger charge is 2.20. The first-order valence-electron chi connectivity index (χ1n) is 8.13. The van der Waals surface area contributed by atoms with Gasteiger partial charge in [-0.15, -0.1) is 0 Å². The molecule has 1 aromatic carbocycles. The first-order valence-corrected chi connectivity index (χ1v) is 8.51. The molecule has 1 unspecified atom stereocenters. The van der Waals surface area contributed by atoms with Crippen molar-refractivity contribution in [3.8, 4) is 0 Å². The second-order valence-electron chi connectivity index (χ2n) is 6.39. The van der Waals surface area contributed by atoms with Crippen molar-refractivity contribution < 1.29 is 14.7 Å². The number of rotatable bonds is 8. The fourth-order valence-electron chi connectivity index (χ4n) is 2.53. The van der Waals surface area contributed by atoms with E-state index in [1.807, 2.05) is 32.0 Å². The average molecular weight is 364 g/mol. The molecule has 25 heavy (non-hydrogen) atoms. The van der Waals surface area contributed by atoms with Crippen LogP contribution in [0.25, 0.3) is 0 Å². The molecular formula is C18H22ClN3O3. The van der Waals surface area contributed by atoms with Crippen molar-refractivity contribution in [1.82, 2.24) is 15.1 Å². The van der Waals surface area contributed by atoms with E-state index in [-0.39, 0.29) is 18.4 Å². The van der Waals surface area contributed by atoms with Gasteiger partial charge in [-0.2, -0.15) is 5.10 Å². The molecule has 0 aliphatic heterocycles. The van der Waals surface area contributed by atoms with Crippen molar-refractivity contribution >= 4 is 23.5 Å². The molecule has 0 saturated heterocycles. The Morgan fingerprint density at radius 3 is 2.68 bits per heavy atom. The Kier molecular flexibility index (Phi) is 6.58. The number of halogens is 1. The maximum Gasteiger partial charge on any atom is 0.308 e. The second-order valence-corrected chi connectivity index (χ2v) is 6.80. The highest BCUT2D eigenvalue weighted by Crippen LogP contribution is 2.16. The number of aliphatic carboxylic acids is 1. The number of amides is 1. The lowest BCUT2D eigenvalue weighted by atomic mass is 9.97. The average Bonchev–Trinajstić information content (AvgIpc) is 3.01. The molecule has 2 N–H and O–H groups in total. The molecule has 0 radical (unpaired) electrons. The predicted octanol–water partition coefficient (Wildman–Crippen LogP) is 3.06. The third-order valence-electron chi connectivity index (χ3n) is 3.80. The molecule has 1 heterocycles. The molecule has 0 fully saturated rings. The Labute approximate surface area is 151 Å². The third-order valence-corrected chi connectivity index (χ3v) is 4.17. The minimum atomic E-state index is -0.900. The molecule has 0 aliphatic carbocycles. The molecule has 1 aromatic heterocycles. The van der Waals surface area contributed by atoms with Crippen LogP contribution in [0.5, 0.6) is 0 Å². The van der Waals surface area contributed by atoms with Gasteiger partial charge >= 0.3 is 5.97 Å². The maximum absolute atomic E-state index is 12.2. The summed E-state index contributed by atoms with van der Waals surface area (Å²) in [4.78, 5) is 23.4. The van der Waals surface area contributed by atoms with Crippen LogP contribution in [0.1, 0.15) is 36.2 Å². The summed E-state index contributed by atoms with van der Waals surface area (Å²) >= 11 is 6.12. The van der Waals surface area contributed by atoms with Crippen molar-refractivity contribution in [2.24, 2.45) is 11.8 Å². The van der Waals surface area contributed by atoms with Crippen LogP contribution in [0, 0.1) is 11.8 Å². The lowest BCUT2D eigenvalue weighted by Crippen LogP contribution is -2.33. The van der Waals surface area contributed by atoms with Crippen LogP contribution in [0.2, 0.25) is 5.02 Å². The van der Waals surface area contributed by atoms with Crippen LogP contribution in [0.4, 0.5) is 0 Å². The Hall–Kier alpha value is -2.34. The summed E-state index contributed by atoms with van der Waals surface area (Å²) in [5.74, 6) is -1.58. The molecular weight excluding hydrogens is 342 g/mol. The standard InChI is InChI=1S/C18H22ClN3O3/c1-12(2)7-14(18(24)25)8-20-17(23)15-9-21-22(11-15)10-13-5-3-4-6-16(13)19/h3-6,9,11-12,14H,7-8,10H2,1-2H3,(H,20,23)(H,24,25). The van der Waals surface area contributed by atoms with E-state index in [0.29, 0.717) is 23.6 Å². The fourth-order valence-corrected chi connectivity index (χ4v) is 2.72. The Morgan fingerprint density at radius 2 is 2.04 bits per heavy atom. The number of nitrogens with zero attached hydrogens (tertiary/aromatic N) is 2. The van der Waals surface area contributed by atoms with Crippen molar-refractivity contribution in [3.63, 3.8) is 0 Å². The Bertz CT molecular complexity index is 743. The number of carbonyl (C=O) groups is 2. The van der Waals surface area contributed by atoms with Crippen molar-refractivity contribution in [2.75, 3.05) is 6.54 Å². The van der Waals surface area contributed by atoms with Gasteiger partial charge in [-0.3, -0.25) is 14.3 Å². The number of aromatic nitrogens is 2. The van der Waals surface area contributed by atoms with Crippen molar-refractivity contribution in [1.29, 1.82) is 0 Å². The van der Waals surface area contributed by atoms with Gasteiger partial charge in [-0.25, -0.2) is 0 Å². The highest BCUT2D eigenvalue weighted by molar-refractivity contribution is 6.31. The summed E-state index contributed by atoms with van der Waals surface area (Å²) in [6, 6.07) is 7.44. The number of hydrogen-bond acceptors (Lipinski definition) is 3. The number of carbonyl (C=O) groups excluding carboxylic acids is 1. The van der Waals surface area contributed by atoms with Crippen LogP contribution >= 0.6 is 11.6 Å². The van der Waals surface area contributed by atoms with Gasteiger partial charge in [0.2, 0.25) is 0 Å². The summed E-state index contributed by atoms with van der Waals surface area (Å²) in [7, 11) is 0. The quantitative estimate of drug-likeness (QED) is 0.754. The Balaban J connectivity index is 1.96. The number of carboxylic acids is 1. The second kappa shape index (κ2) is 8.67. The van der Waals surface area contributed by atoms with Gasteiger partial charge in [0.1, 0.15) is 0 Å². The lowest BCUT2D eigenvalue weighted by Gasteiger charge is -2.15. The first-order chi connectivity index (χ1) is 11.9. The summed E-state index contributed by atoms with van der Waals surface area (Å²) in [5.41, 5.74) is 1.29. The van der Waals surface area contributed by atoms with Crippen LogP contribution in [0.3, 0.4) is 0 Å². The van der Waals surface area contributed by atoms with Gasteiger partial charge in [0, 0.05) is 17.8 Å². The van der Waals surface area contributed by atoms with Gasteiger partial charge in [0.25, 0.3) is 5.91 Å². The van der Waals surface area contributed by atoms with Gasteiger partial charge in [-0.1, -0.05) is 43.6 Å². The van der Waals surface area contributed by atoms with Crippen LogP contribution in [-0.4, -0.2) is 33.3 Å². The molecule has 0 saturated carbocycles. The van der Waals surface area contributed by atoms with Crippen molar-refractivity contribution in [3.05, 3.63) is 52.8 Å². The van der Waals surface area contributed by atoms with Crippen LogP contribution in [0.15, 0.2) is 36.7 Å². The molecule has 0 bridgehead atoms. The van der Waals surface area contributed by atoms with Gasteiger partial charge in [0.15, 0.2) is 0 Å². The SMILES string of the molecule is CC(C)CC(CNC(=O)c1cnn(Cc2ccccc2Cl)c1)C(=O)O. The monoisotopic (exact) mass is 363 g/mol. The minimum Gasteiger partial charge on any atom is -0.481 e. The largest absolute Gasteiger partial charge is 0.481 e. The van der Waals surface area contributed by atoms with E-state index in [9.17, 15) is 14.7 Å². The number of carboxylic acid groups (broad SMARTS) is 1. The maximum atomic E-state index is 12.2. The molecule has 0 spiro atoms. The summed E-state index contributed by atoms with van der Waals surface area (Å²) in [5, 5.41) is 16.7. The summed E-state index contributed by atoms with van der Waals surface area (Å²) < 4.78 is 1.62. The Morgan fingerprint density at radius 1 is 1.32 bits per heavy atom. The van der Waals surface area contributed by atoms with Gasteiger partial charge in [-0.05, 0) is 24.0 Å². The van der Waals surface area contributed by atoms with E-state index >= 15 is 0 Å². The molecule has 1 amide bonds. The van der Waals surface area contributed by atoms with Gasteiger partial charge < -0.3 is 10.4 Å². The predicted molar refractivity (Wildman–Crippen MR) is 95.7 cm³/mol. The van der Waals surface area contributed by atoms with E-state index in [1.54, 1.807) is 16.9 Å². The zero-order chi connectivity index (χ0) is 18.4. The molecule has 6 nitrogen and oxygen atoms in total. The molecule has 0 aliphatic rings. The van der Waals surface area contributed by atoms with Crippen LogP contribution in [-0.2, 0) is 11.3 Å². The zero-order valence-corrected chi connectivity index (χ0v) is 15.0. The lowest BCUT2D eigenvalue weighted by molar-refractivity contribution is -0.142. The summed E-state index contributed by atoms with van der Waals surface area (Å²) in [6.07, 6.45) is 3.60. The number of hydrogen-bond donors (Lipinski definition) is 2. The summed E-state index contributed by atoms with van der Waals surface area (Å²) in [6.45, 7) is 4.47. The minimum absolute atomic E-state index is 0.0992. The van der Waals surface area contributed by atoms with E-state index in [0.717, 1.165) is 5.56 Å². The molecule has 1 atom stereocenters. The van der Waals surface area contributed by atoms with E-state index in [1.165, 1.54) is 6.20 Å². The van der Waals surface area contributed by atoms with E-state index in [2.05, 4.69) is 10.4 Å². The third kappa shape index (κ3) is 5.60. The number of nitrogens with one attached hydrogen (secondary N) is 1. The van der Waals surface area contributed by atoms with Crippen molar-refractivity contribution in [2.45, 2.75) is 26.8 Å². The smallest absolute Gasteiger partial charge is 0.308 e. The van der Waals surface area contributed by atoms with Gasteiger partial charge in [0.05, 0.1) is 24.2 Å². The van der Waals surface area contributed by atoms with Crippen LogP contribution < -0.4 is 5.32 Å². The zero-order valence-electron chi connectivity index (χ0n) is 14.3.